The summed E-state index contributed by atoms with van der Waals surface area (Å²) in [7, 11) is 0. The van der Waals surface area contributed by atoms with E-state index < -0.39 is 0 Å². The first-order valence-corrected chi connectivity index (χ1v) is 11.1. The molecule has 0 bridgehead atoms. The second-order valence-electron chi connectivity index (χ2n) is 6.71. The van der Waals surface area contributed by atoms with Gasteiger partial charge in [0.15, 0.2) is 0 Å². The molecule has 0 aromatic heterocycles. The average molecular weight is 463 g/mol. The van der Waals surface area contributed by atoms with Crippen molar-refractivity contribution in [2.45, 2.75) is 35.8 Å². The highest BCUT2D eigenvalue weighted by atomic mass is 79.9. The van der Waals surface area contributed by atoms with Crippen LogP contribution in [0.3, 0.4) is 0 Å². The van der Waals surface area contributed by atoms with Crippen LogP contribution in [0.25, 0.3) is 0 Å². The van der Waals surface area contributed by atoms with Crippen molar-refractivity contribution in [1.82, 2.24) is 5.32 Å². The van der Waals surface area contributed by atoms with Crippen molar-refractivity contribution in [3.05, 3.63) is 63.6 Å². The van der Waals surface area contributed by atoms with Gasteiger partial charge in [-0.15, -0.1) is 24.4 Å². The third kappa shape index (κ3) is 4.05. The first-order valence-electron chi connectivity index (χ1n) is 8.81. The molecular weight excluding hydrogens is 444 g/mol. The molecule has 2 unspecified atom stereocenters. The smallest absolute Gasteiger partial charge is 0.235 e. The fraction of sp³-hybridized carbons (Fsp3) is 0.300. The Labute approximate surface area is 176 Å². The van der Waals surface area contributed by atoms with Crippen LogP contribution in [0.5, 0.6) is 0 Å². The quantitative estimate of drug-likeness (QED) is 0.676. The van der Waals surface area contributed by atoms with Crippen molar-refractivity contribution in [2.75, 3.05) is 4.90 Å². The van der Waals surface area contributed by atoms with E-state index in [1.807, 2.05) is 41.3 Å². The molecule has 2 aromatic rings. The third-order valence-corrected chi connectivity index (χ3v) is 7.05. The summed E-state index contributed by atoms with van der Waals surface area (Å²) < 4.78 is 0.881. The molecule has 2 amide bonds. The first-order chi connectivity index (χ1) is 13.0. The molecule has 2 atom stereocenters. The van der Waals surface area contributed by atoms with Crippen molar-refractivity contribution in [1.29, 1.82) is 0 Å². The Balaban J connectivity index is 1.61. The molecule has 140 valence electrons. The second-order valence-corrected chi connectivity index (χ2v) is 9.81. The number of hydrogen-bond acceptors (Lipinski definition) is 4. The minimum absolute atomic E-state index is 0.0382. The Kier molecular flexibility index (Phi) is 5.53. The number of carbonyl (C=O) groups excluding carboxylic acids is 2. The molecule has 2 heterocycles. The topological polar surface area (TPSA) is 49.4 Å². The lowest BCUT2D eigenvalue weighted by atomic mass is 9.93. The number of amides is 2. The molecule has 2 aromatic carbocycles. The van der Waals surface area contributed by atoms with E-state index in [4.69, 9.17) is 0 Å². The summed E-state index contributed by atoms with van der Waals surface area (Å²) in [5.41, 5.74) is 4.40. The summed E-state index contributed by atoms with van der Waals surface area (Å²) in [6, 6.07) is 14.1. The van der Waals surface area contributed by atoms with Crippen LogP contribution in [0, 0.1) is 0 Å². The molecule has 1 N–H and O–H groups in total. The molecule has 0 saturated carbocycles. The predicted octanol–water partition coefficient (Wildman–Crippen LogP) is 3.92. The highest BCUT2D eigenvalue weighted by Gasteiger charge is 2.33. The highest BCUT2D eigenvalue weighted by molar-refractivity contribution is 9.10. The summed E-state index contributed by atoms with van der Waals surface area (Å²) in [6.07, 6.45) is 1.89. The minimum atomic E-state index is -0.141. The minimum Gasteiger partial charge on any atom is -0.335 e. The van der Waals surface area contributed by atoms with Crippen LogP contribution in [0.15, 0.2) is 46.9 Å². The van der Waals surface area contributed by atoms with E-state index in [0.717, 1.165) is 27.7 Å². The number of carbonyl (C=O) groups is 2. The summed E-state index contributed by atoms with van der Waals surface area (Å²) >= 11 is 9.33. The molecule has 0 spiro atoms. The Morgan fingerprint density at radius 3 is 2.63 bits per heavy atom. The zero-order valence-electron chi connectivity index (χ0n) is 14.5. The van der Waals surface area contributed by atoms with Crippen molar-refractivity contribution in [2.24, 2.45) is 0 Å². The normalized spacial score (nSPS) is 21.9. The zero-order chi connectivity index (χ0) is 19.0. The van der Waals surface area contributed by atoms with Gasteiger partial charge in [0.1, 0.15) is 4.71 Å². The molecule has 1 saturated heterocycles. The monoisotopic (exact) mass is 462 g/mol. The molecule has 2 aliphatic heterocycles. The maximum absolute atomic E-state index is 12.6. The van der Waals surface area contributed by atoms with Gasteiger partial charge in [0, 0.05) is 16.6 Å². The molecule has 2 aliphatic rings. The Hall–Kier alpha value is -1.44. The fourth-order valence-electron chi connectivity index (χ4n) is 3.61. The van der Waals surface area contributed by atoms with Gasteiger partial charge in [-0.1, -0.05) is 40.2 Å². The lowest BCUT2D eigenvalue weighted by Crippen LogP contribution is -2.35. The Morgan fingerprint density at radius 2 is 1.93 bits per heavy atom. The van der Waals surface area contributed by atoms with Crippen LogP contribution in [0.4, 0.5) is 5.69 Å². The second kappa shape index (κ2) is 7.89. The zero-order valence-corrected chi connectivity index (χ0v) is 17.8. The molecule has 0 aliphatic carbocycles. The number of anilines is 1. The van der Waals surface area contributed by atoms with Crippen molar-refractivity contribution < 1.29 is 9.59 Å². The maximum atomic E-state index is 12.6. The molecule has 0 radical (unpaired) electrons. The van der Waals surface area contributed by atoms with Crippen molar-refractivity contribution in [3.63, 3.8) is 0 Å². The molecule has 4 nitrogen and oxygen atoms in total. The lowest BCUT2D eigenvalue weighted by Gasteiger charge is -2.31. The number of thiol groups is 1. The Morgan fingerprint density at radius 1 is 1.15 bits per heavy atom. The molecule has 4 rings (SSSR count). The van der Waals surface area contributed by atoms with Crippen LogP contribution in [-0.2, 0) is 29.0 Å². The molecule has 27 heavy (non-hydrogen) atoms. The number of halogens is 1. The van der Waals surface area contributed by atoms with E-state index in [1.54, 1.807) is 11.8 Å². The van der Waals surface area contributed by atoms with Crippen LogP contribution in [-0.4, -0.2) is 21.8 Å². The van der Waals surface area contributed by atoms with Gasteiger partial charge in [0.2, 0.25) is 11.8 Å². The van der Waals surface area contributed by atoms with E-state index >= 15 is 0 Å². The van der Waals surface area contributed by atoms with Crippen molar-refractivity contribution in [3.8, 4) is 0 Å². The maximum Gasteiger partial charge on any atom is 0.235 e. The average Bonchev–Trinajstić information content (AvgIpc) is 2.96. The van der Waals surface area contributed by atoms with Crippen LogP contribution >= 0.6 is 40.3 Å². The lowest BCUT2D eigenvalue weighted by molar-refractivity contribution is -0.120. The predicted molar refractivity (Wildman–Crippen MR) is 116 cm³/mol. The largest absolute Gasteiger partial charge is 0.335 e. The van der Waals surface area contributed by atoms with Gasteiger partial charge in [-0.2, -0.15) is 0 Å². The van der Waals surface area contributed by atoms with Crippen LogP contribution < -0.4 is 10.2 Å². The number of thioether (sulfide) groups is 1. The number of rotatable bonds is 4. The van der Waals surface area contributed by atoms with E-state index in [1.165, 1.54) is 5.56 Å². The molecule has 7 heteroatoms. The number of benzene rings is 2. The van der Waals surface area contributed by atoms with Gasteiger partial charge in [-0.25, -0.2) is 0 Å². The van der Waals surface area contributed by atoms with Gasteiger partial charge in [-0.3, -0.25) is 9.59 Å². The summed E-state index contributed by atoms with van der Waals surface area (Å²) in [5.74, 6) is 0.183. The van der Waals surface area contributed by atoms with E-state index in [-0.39, 0.29) is 21.8 Å². The van der Waals surface area contributed by atoms with Gasteiger partial charge in [0.25, 0.3) is 0 Å². The molecule has 1 fully saturated rings. The number of fused-ring (bicyclic) bond motifs is 1. The van der Waals surface area contributed by atoms with E-state index in [9.17, 15) is 9.59 Å². The van der Waals surface area contributed by atoms with Gasteiger partial charge >= 0.3 is 0 Å². The molecular formula is C20H19BrN2O2S2. The van der Waals surface area contributed by atoms with Gasteiger partial charge in [0.05, 0.1) is 11.8 Å². The number of nitrogens with one attached hydrogen (secondary N) is 1. The van der Waals surface area contributed by atoms with Gasteiger partial charge < -0.3 is 10.2 Å². The summed E-state index contributed by atoms with van der Waals surface area (Å²) in [6.45, 7) is 0.556. The number of nitrogens with zero attached hydrogens (tertiary/aromatic N) is 1. The van der Waals surface area contributed by atoms with Crippen LogP contribution in [0.1, 0.15) is 23.1 Å². The van der Waals surface area contributed by atoms with E-state index in [2.05, 4.69) is 39.9 Å². The number of hydrogen-bond donors (Lipinski definition) is 2. The summed E-state index contributed by atoms with van der Waals surface area (Å²) in [4.78, 5) is 26.6. The van der Waals surface area contributed by atoms with Gasteiger partial charge in [-0.05, 0) is 47.7 Å². The SMILES string of the molecule is O=C1NC(S)SC1Cc1cccc2c1CCC(=O)N2Cc1ccc(Br)cc1. The third-order valence-electron chi connectivity index (χ3n) is 4.94. The standard InChI is InChI=1S/C20H19BrN2O2S2/c21-14-6-4-12(5-7-14)11-23-16-3-1-2-13(15(16)8-9-18(23)24)10-17-19(25)22-20(26)27-17/h1-7,17,20,26H,8-11H2,(H,22,25). The summed E-state index contributed by atoms with van der Waals surface area (Å²) in [5, 5.41) is 2.71. The van der Waals surface area contributed by atoms with Crippen LogP contribution in [0.2, 0.25) is 0 Å². The first kappa shape index (κ1) is 18.9. The fourth-order valence-corrected chi connectivity index (χ4v) is 5.40. The highest BCUT2D eigenvalue weighted by Crippen LogP contribution is 2.35. The van der Waals surface area contributed by atoms with Crippen molar-refractivity contribution >= 4 is 57.8 Å². The van der Waals surface area contributed by atoms with E-state index in [0.29, 0.717) is 19.4 Å². The Bertz CT molecular complexity index is 888.